The Morgan fingerprint density at radius 3 is 1.97 bits per heavy atom. The van der Waals surface area contributed by atoms with E-state index in [1.807, 2.05) is 0 Å². The molecule has 3 aromatic rings. The molecule has 0 aliphatic rings. The lowest BCUT2D eigenvalue weighted by Gasteiger charge is -2.12. The van der Waals surface area contributed by atoms with Crippen LogP contribution in [0.25, 0.3) is 0 Å². The summed E-state index contributed by atoms with van der Waals surface area (Å²) in [5.41, 5.74) is 7.22. The molecule has 3 aromatic carbocycles. The number of nitrogen functional groups attached to an aromatic ring is 1. The van der Waals surface area contributed by atoms with Crippen molar-refractivity contribution in [2.75, 3.05) is 11.6 Å². The molecule has 3 rings (SSSR count). The predicted molar refractivity (Wildman–Crippen MR) is 131 cm³/mol. The monoisotopic (exact) mass is 497 g/mol. The molecule has 0 heterocycles. The van der Waals surface area contributed by atoms with E-state index in [4.69, 9.17) is 20.4 Å². The second-order valence-electron chi connectivity index (χ2n) is 7.20. The SMILES string of the molecule is CC(=O)Nc1ccc(C(=O)Oc2ccc(C(=N)N)cc2C(=O)c2ccccc2)cc1.CS(=O)(=O)O. The first-order valence-corrected chi connectivity index (χ1v) is 11.8. The molecular formula is C24H23N3O7S. The summed E-state index contributed by atoms with van der Waals surface area (Å²) in [5, 5.41) is 10.2. The quantitative estimate of drug-likeness (QED) is 0.100. The van der Waals surface area contributed by atoms with Gasteiger partial charge in [0.2, 0.25) is 5.91 Å². The Morgan fingerprint density at radius 2 is 1.46 bits per heavy atom. The highest BCUT2D eigenvalue weighted by Gasteiger charge is 2.19. The predicted octanol–water partition coefficient (Wildman–Crippen LogP) is 2.88. The van der Waals surface area contributed by atoms with Crippen molar-refractivity contribution < 1.29 is 32.1 Å². The first kappa shape index (κ1) is 26.9. The largest absolute Gasteiger partial charge is 0.422 e. The molecule has 10 nitrogen and oxygen atoms in total. The van der Waals surface area contributed by atoms with Crippen molar-refractivity contribution >= 4 is 39.3 Å². The Kier molecular flexibility index (Phi) is 8.98. The number of amides is 1. The van der Waals surface area contributed by atoms with Crippen LogP contribution < -0.4 is 15.8 Å². The van der Waals surface area contributed by atoms with Crippen LogP contribution in [-0.2, 0) is 14.9 Å². The Balaban J connectivity index is 0.000000784. The summed E-state index contributed by atoms with van der Waals surface area (Å²) in [4.78, 5) is 36.7. The highest BCUT2D eigenvalue weighted by atomic mass is 32.2. The molecule has 0 aliphatic heterocycles. The Hall–Kier alpha value is -4.35. The van der Waals surface area contributed by atoms with Crippen molar-refractivity contribution in [3.63, 3.8) is 0 Å². The van der Waals surface area contributed by atoms with Gasteiger partial charge in [0.05, 0.1) is 17.4 Å². The lowest BCUT2D eigenvalue weighted by Crippen LogP contribution is -2.15. The summed E-state index contributed by atoms with van der Waals surface area (Å²) < 4.78 is 31.3. The number of benzene rings is 3. The molecule has 0 saturated heterocycles. The van der Waals surface area contributed by atoms with E-state index in [0.29, 0.717) is 23.1 Å². The van der Waals surface area contributed by atoms with E-state index in [9.17, 15) is 22.8 Å². The van der Waals surface area contributed by atoms with Crippen LogP contribution in [0.15, 0.2) is 72.8 Å². The van der Waals surface area contributed by atoms with Gasteiger partial charge in [-0.2, -0.15) is 8.42 Å². The van der Waals surface area contributed by atoms with Crippen LogP contribution in [0.3, 0.4) is 0 Å². The number of ketones is 1. The van der Waals surface area contributed by atoms with Crippen LogP contribution in [0.5, 0.6) is 5.75 Å². The van der Waals surface area contributed by atoms with Crippen LogP contribution in [0.4, 0.5) is 5.69 Å². The normalized spacial score (nSPS) is 10.4. The number of ether oxygens (including phenoxy) is 1. The fourth-order valence-corrected chi connectivity index (χ4v) is 2.76. The zero-order valence-corrected chi connectivity index (χ0v) is 19.6. The molecular weight excluding hydrogens is 474 g/mol. The number of esters is 1. The standard InChI is InChI=1S/C23H19N3O4.CH4O3S/c1-14(27)26-18-10-7-16(8-11-18)23(29)30-20-12-9-17(22(24)25)13-19(20)21(28)15-5-3-2-4-6-15;1-5(2,3)4/h2-13H,1H3,(H3,24,25)(H,26,27);1H3,(H,2,3,4). The molecule has 5 N–H and O–H groups in total. The summed E-state index contributed by atoms with van der Waals surface area (Å²) in [7, 11) is -3.67. The summed E-state index contributed by atoms with van der Waals surface area (Å²) in [6, 6.07) is 19.1. The van der Waals surface area contributed by atoms with Gasteiger partial charge in [-0.3, -0.25) is 19.6 Å². The summed E-state index contributed by atoms with van der Waals surface area (Å²) in [6.45, 7) is 1.39. The Morgan fingerprint density at radius 1 is 0.914 bits per heavy atom. The Labute approximate surface area is 202 Å². The van der Waals surface area contributed by atoms with Crippen LogP contribution in [0.2, 0.25) is 0 Å². The van der Waals surface area contributed by atoms with Crippen LogP contribution in [-0.4, -0.2) is 42.7 Å². The molecule has 0 aliphatic carbocycles. The molecule has 0 bridgehead atoms. The highest BCUT2D eigenvalue weighted by Crippen LogP contribution is 2.25. The van der Waals surface area contributed by atoms with Gasteiger partial charge < -0.3 is 15.8 Å². The van der Waals surface area contributed by atoms with Gasteiger partial charge in [-0.25, -0.2) is 4.79 Å². The maximum Gasteiger partial charge on any atom is 0.343 e. The number of anilines is 1. The van der Waals surface area contributed by atoms with Crippen LogP contribution >= 0.6 is 0 Å². The van der Waals surface area contributed by atoms with E-state index in [0.717, 1.165) is 0 Å². The van der Waals surface area contributed by atoms with Crippen molar-refractivity contribution in [1.82, 2.24) is 0 Å². The third-order valence-corrected chi connectivity index (χ3v) is 4.21. The summed E-state index contributed by atoms with van der Waals surface area (Å²) in [6.07, 6.45) is 0.715. The second-order valence-corrected chi connectivity index (χ2v) is 8.67. The molecule has 0 spiro atoms. The number of hydrogen-bond donors (Lipinski definition) is 4. The van der Waals surface area contributed by atoms with E-state index in [1.54, 1.807) is 42.5 Å². The maximum atomic E-state index is 13.0. The molecule has 182 valence electrons. The Bertz CT molecular complexity index is 1350. The molecule has 0 radical (unpaired) electrons. The molecule has 0 atom stereocenters. The minimum atomic E-state index is -3.67. The molecule has 0 fully saturated rings. The minimum Gasteiger partial charge on any atom is -0.422 e. The molecule has 35 heavy (non-hydrogen) atoms. The van der Waals surface area contributed by atoms with Gasteiger partial charge in [-0.15, -0.1) is 0 Å². The van der Waals surface area contributed by atoms with Gasteiger partial charge in [0.25, 0.3) is 10.1 Å². The first-order chi connectivity index (χ1) is 16.3. The van der Waals surface area contributed by atoms with Gasteiger partial charge in [0.1, 0.15) is 11.6 Å². The third kappa shape index (κ3) is 8.84. The number of hydrogen-bond acceptors (Lipinski definition) is 7. The number of carbonyl (C=O) groups excluding carboxylic acids is 3. The van der Waals surface area contributed by atoms with E-state index in [-0.39, 0.29) is 34.4 Å². The highest BCUT2D eigenvalue weighted by molar-refractivity contribution is 7.85. The van der Waals surface area contributed by atoms with Crippen LogP contribution in [0, 0.1) is 5.41 Å². The molecule has 0 unspecified atom stereocenters. The number of carbonyl (C=O) groups is 3. The fourth-order valence-electron chi connectivity index (χ4n) is 2.76. The molecule has 1 amide bonds. The number of nitrogens with two attached hydrogens (primary N) is 1. The zero-order valence-electron chi connectivity index (χ0n) is 18.8. The van der Waals surface area contributed by atoms with Crippen LogP contribution in [0.1, 0.15) is 38.8 Å². The van der Waals surface area contributed by atoms with E-state index < -0.39 is 16.1 Å². The third-order valence-electron chi connectivity index (χ3n) is 4.21. The topological polar surface area (TPSA) is 177 Å². The minimum absolute atomic E-state index is 0.0600. The summed E-state index contributed by atoms with van der Waals surface area (Å²) >= 11 is 0. The van der Waals surface area contributed by atoms with Gasteiger partial charge in [-0.05, 0) is 42.5 Å². The molecule has 0 saturated carbocycles. The number of rotatable bonds is 6. The van der Waals surface area contributed by atoms with Gasteiger partial charge in [0.15, 0.2) is 5.78 Å². The van der Waals surface area contributed by atoms with Crippen molar-refractivity contribution in [2.45, 2.75) is 6.92 Å². The van der Waals surface area contributed by atoms with Gasteiger partial charge >= 0.3 is 5.97 Å². The molecule has 0 aromatic heterocycles. The average molecular weight is 498 g/mol. The van der Waals surface area contributed by atoms with Gasteiger partial charge in [-0.1, -0.05) is 30.3 Å². The fraction of sp³-hybridized carbons (Fsp3) is 0.0833. The van der Waals surface area contributed by atoms with E-state index >= 15 is 0 Å². The lowest BCUT2D eigenvalue weighted by atomic mass is 10.00. The smallest absolute Gasteiger partial charge is 0.343 e. The van der Waals surface area contributed by atoms with Crippen molar-refractivity contribution in [2.24, 2.45) is 5.73 Å². The second kappa shape index (κ2) is 11.7. The average Bonchev–Trinajstić information content (AvgIpc) is 2.78. The maximum absolute atomic E-state index is 13.0. The number of nitrogens with one attached hydrogen (secondary N) is 2. The van der Waals surface area contributed by atoms with Gasteiger partial charge in [0, 0.05) is 23.7 Å². The van der Waals surface area contributed by atoms with Crippen molar-refractivity contribution in [3.8, 4) is 5.75 Å². The van der Waals surface area contributed by atoms with E-state index in [1.165, 1.54) is 37.3 Å². The molecule has 11 heteroatoms. The van der Waals surface area contributed by atoms with E-state index in [2.05, 4.69) is 5.32 Å². The lowest BCUT2D eigenvalue weighted by molar-refractivity contribution is -0.114. The summed E-state index contributed by atoms with van der Waals surface area (Å²) in [5.74, 6) is -1.39. The first-order valence-electron chi connectivity index (χ1n) is 9.95. The number of amidine groups is 1. The zero-order chi connectivity index (χ0) is 26.2. The van der Waals surface area contributed by atoms with Crippen molar-refractivity contribution in [1.29, 1.82) is 5.41 Å². The van der Waals surface area contributed by atoms with Crippen molar-refractivity contribution in [3.05, 3.63) is 95.1 Å².